The molecule has 0 aromatic carbocycles. The number of carbonyl (C=O) groups excluding carboxylic acids is 1. The Bertz CT molecular complexity index is 425. The fourth-order valence-corrected chi connectivity index (χ4v) is 5.31. The van der Waals surface area contributed by atoms with Gasteiger partial charge in [-0.05, 0) is 48.9 Å². The van der Waals surface area contributed by atoms with Crippen LogP contribution in [0.5, 0.6) is 0 Å². The normalized spacial score (nSPS) is 52.8. The molecule has 4 bridgehead atoms. The van der Waals surface area contributed by atoms with Crippen LogP contribution in [-0.2, 0) is 9.53 Å². The summed E-state index contributed by atoms with van der Waals surface area (Å²) in [4.78, 5) is 11.3. The highest BCUT2D eigenvalue weighted by Gasteiger charge is 2.68. The third-order valence-electron chi connectivity index (χ3n) is 5.67. The molecule has 2 heteroatoms. The van der Waals surface area contributed by atoms with Crippen LogP contribution < -0.4 is 0 Å². The molecule has 0 radical (unpaired) electrons. The maximum atomic E-state index is 11.3. The van der Waals surface area contributed by atoms with Gasteiger partial charge < -0.3 is 4.74 Å². The van der Waals surface area contributed by atoms with E-state index in [0.717, 1.165) is 24.2 Å². The van der Waals surface area contributed by atoms with Crippen LogP contribution in [0.4, 0.5) is 0 Å². The molecule has 0 N–H and O–H groups in total. The topological polar surface area (TPSA) is 26.3 Å². The van der Waals surface area contributed by atoms with E-state index in [2.05, 4.69) is 18.7 Å². The SMILES string of the molecule is C=CC(=O)OC1CC23CC4C=CC(C4)C2C1C3. The summed E-state index contributed by atoms with van der Waals surface area (Å²) in [7, 11) is 0. The maximum absolute atomic E-state index is 11.3. The van der Waals surface area contributed by atoms with Crippen molar-refractivity contribution >= 4 is 5.97 Å². The van der Waals surface area contributed by atoms with E-state index in [0.29, 0.717) is 11.3 Å². The van der Waals surface area contributed by atoms with Crippen molar-refractivity contribution in [2.24, 2.45) is 29.1 Å². The lowest BCUT2D eigenvalue weighted by atomic mass is 9.50. The van der Waals surface area contributed by atoms with Crippen LogP contribution in [0, 0.1) is 29.1 Å². The monoisotopic (exact) mass is 230 g/mol. The van der Waals surface area contributed by atoms with E-state index < -0.39 is 0 Å². The Hall–Kier alpha value is -1.05. The number of hydrogen-bond acceptors (Lipinski definition) is 2. The van der Waals surface area contributed by atoms with E-state index in [9.17, 15) is 4.79 Å². The van der Waals surface area contributed by atoms with Crippen molar-refractivity contribution in [1.82, 2.24) is 0 Å². The molecule has 2 nitrogen and oxygen atoms in total. The highest BCUT2D eigenvalue weighted by molar-refractivity contribution is 5.81. The van der Waals surface area contributed by atoms with Crippen molar-refractivity contribution in [3.05, 3.63) is 24.8 Å². The Labute approximate surface area is 102 Å². The van der Waals surface area contributed by atoms with Crippen molar-refractivity contribution in [2.45, 2.75) is 31.8 Å². The summed E-state index contributed by atoms with van der Waals surface area (Å²) in [6.45, 7) is 3.48. The van der Waals surface area contributed by atoms with Gasteiger partial charge in [0.05, 0.1) is 0 Å². The molecular formula is C15H18O2. The van der Waals surface area contributed by atoms with Gasteiger partial charge in [0.25, 0.3) is 0 Å². The third kappa shape index (κ3) is 1.14. The average molecular weight is 230 g/mol. The largest absolute Gasteiger partial charge is 0.459 e. The molecule has 0 saturated heterocycles. The van der Waals surface area contributed by atoms with Crippen molar-refractivity contribution in [3.63, 3.8) is 0 Å². The molecule has 0 aliphatic heterocycles. The molecule has 6 atom stereocenters. The number of fused-ring (bicyclic) bond motifs is 3. The van der Waals surface area contributed by atoms with E-state index in [1.54, 1.807) is 0 Å². The van der Waals surface area contributed by atoms with Crippen LogP contribution >= 0.6 is 0 Å². The number of carbonyl (C=O) groups is 1. The number of esters is 1. The first-order chi connectivity index (χ1) is 8.22. The van der Waals surface area contributed by atoms with E-state index in [4.69, 9.17) is 4.74 Å². The van der Waals surface area contributed by atoms with Crippen LogP contribution in [0.25, 0.3) is 0 Å². The molecule has 1 spiro atoms. The zero-order chi connectivity index (χ0) is 11.6. The van der Waals surface area contributed by atoms with Crippen molar-refractivity contribution in [2.75, 3.05) is 0 Å². The van der Waals surface area contributed by atoms with Gasteiger partial charge in [-0.2, -0.15) is 0 Å². The summed E-state index contributed by atoms with van der Waals surface area (Å²) in [6.07, 6.45) is 11.4. The summed E-state index contributed by atoms with van der Waals surface area (Å²) in [5.74, 6) is 2.79. The Morgan fingerprint density at radius 2 is 2.24 bits per heavy atom. The first-order valence-electron chi connectivity index (χ1n) is 6.73. The van der Waals surface area contributed by atoms with Crippen molar-refractivity contribution in [3.8, 4) is 0 Å². The maximum Gasteiger partial charge on any atom is 0.330 e. The molecule has 17 heavy (non-hydrogen) atoms. The summed E-state index contributed by atoms with van der Waals surface area (Å²) in [5.41, 5.74) is 0.522. The van der Waals surface area contributed by atoms with Gasteiger partial charge in [0.2, 0.25) is 0 Å². The molecule has 4 saturated carbocycles. The van der Waals surface area contributed by atoms with Crippen molar-refractivity contribution < 1.29 is 9.53 Å². The first-order valence-corrected chi connectivity index (χ1v) is 6.73. The zero-order valence-corrected chi connectivity index (χ0v) is 9.97. The van der Waals surface area contributed by atoms with Crippen LogP contribution in [0.2, 0.25) is 0 Å². The lowest BCUT2D eigenvalue weighted by Gasteiger charge is -2.54. The van der Waals surface area contributed by atoms with Gasteiger partial charge in [-0.3, -0.25) is 0 Å². The van der Waals surface area contributed by atoms with Gasteiger partial charge in [0.15, 0.2) is 0 Å². The lowest BCUT2D eigenvalue weighted by molar-refractivity contribution is -0.145. The molecular weight excluding hydrogens is 212 g/mol. The van der Waals surface area contributed by atoms with E-state index in [1.165, 1.54) is 25.3 Å². The predicted molar refractivity (Wildman–Crippen MR) is 64.1 cm³/mol. The molecule has 0 aromatic heterocycles. The van der Waals surface area contributed by atoms with E-state index in [1.807, 2.05) is 0 Å². The van der Waals surface area contributed by atoms with Gasteiger partial charge in [-0.25, -0.2) is 4.79 Å². The second kappa shape index (κ2) is 3.04. The first kappa shape index (κ1) is 9.93. The van der Waals surface area contributed by atoms with Crippen LogP contribution in [0.1, 0.15) is 25.7 Å². The van der Waals surface area contributed by atoms with Crippen molar-refractivity contribution in [1.29, 1.82) is 0 Å². The molecule has 5 aliphatic rings. The standard InChI is InChI=1S/C15H18O2/c1-2-13(16)17-12-8-15-6-9-3-4-10(5-9)14(15)11(12)7-15/h2-4,9-12,14H,1,5-8H2. The van der Waals surface area contributed by atoms with Gasteiger partial charge in [0.1, 0.15) is 6.10 Å². The van der Waals surface area contributed by atoms with Gasteiger partial charge in [-0.15, -0.1) is 0 Å². The van der Waals surface area contributed by atoms with Gasteiger partial charge in [-0.1, -0.05) is 18.7 Å². The minimum Gasteiger partial charge on any atom is -0.459 e. The Morgan fingerprint density at radius 1 is 1.35 bits per heavy atom. The zero-order valence-electron chi connectivity index (χ0n) is 9.97. The minimum absolute atomic E-state index is 0.179. The molecule has 90 valence electrons. The average Bonchev–Trinajstić information content (AvgIpc) is 2.90. The summed E-state index contributed by atoms with van der Waals surface area (Å²) in [5, 5.41) is 0. The second-order valence-electron chi connectivity index (χ2n) is 6.39. The summed E-state index contributed by atoms with van der Waals surface area (Å²) < 4.78 is 5.53. The Kier molecular flexibility index (Phi) is 1.77. The number of rotatable bonds is 2. The Morgan fingerprint density at radius 3 is 3.06 bits per heavy atom. The number of allylic oxidation sites excluding steroid dienone is 2. The third-order valence-corrected chi connectivity index (χ3v) is 5.67. The summed E-state index contributed by atoms with van der Waals surface area (Å²) in [6, 6.07) is 0. The molecule has 6 unspecified atom stereocenters. The van der Waals surface area contributed by atoms with Crippen LogP contribution in [-0.4, -0.2) is 12.1 Å². The highest BCUT2D eigenvalue weighted by Crippen LogP contribution is 2.73. The highest BCUT2D eigenvalue weighted by atomic mass is 16.5. The van der Waals surface area contributed by atoms with Crippen LogP contribution in [0.15, 0.2) is 24.8 Å². The van der Waals surface area contributed by atoms with Crippen LogP contribution in [0.3, 0.4) is 0 Å². The fraction of sp³-hybridized carbons (Fsp3) is 0.667. The van der Waals surface area contributed by atoms with Gasteiger partial charge in [0, 0.05) is 12.0 Å². The second-order valence-corrected chi connectivity index (χ2v) is 6.39. The fourth-order valence-electron chi connectivity index (χ4n) is 5.31. The molecule has 4 fully saturated rings. The molecule has 5 aliphatic carbocycles. The number of hydrogen-bond donors (Lipinski definition) is 0. The minimum atomic E-state index is -0.239. The molecule has 5 rings (SSSR count). The predicted octanol–water partition coefficient (Wildman–Crippen LogP) is 2.71. The number of ether oxygens (including phenoxy) is 1. The Balaban J connectivity index is 1.57. The van der Waals surface area contributed by atoms with E-state index >= 15 is 0 Å². The molecule has 0 heterocycles. The lowest BCUT2D eigenvalue weighted by Crippen LogP contribution is -2.48. The quantitative estimate of drug-likeness (QED) is 0.414. The summed E-state index contributed by atoms with van der Waals surface area (Å²) >= 11 is 0. The van der Waals surface area contributed by atoms with E-state index in [-0.39, 0.29) is 12.1 Å². The smallest absolute Gasteiger partial charge is 0.330 e. The van der Waals surface area contributed by atoms with Gasteiger partial charge >= 0.3 is 5.97 Å². The molecule has 0 aromatic rings. The molecule has 0 amide bonds.